The van der Waals surface area contributed by atoms with Crippen LogP contribution in [-0.2, 0) is 4.79 Å². The van der Waals surface area contributed by atoms with E-state index in [2.05, 4.69) is 10.6 Å². The van der Waals surface area contributed by atoms with E-state index < -0.39 is 5.92 Å². The summed E-state index contributed by atoms with van der Waals surface area (Å²) in [6.45, 7) is 7.44. The van der Waals surface area contributed by atoms with Crippen LogP contribution in [0.4, 0.5) is 5.69 Å². The highest BCUT2D eigenvalue weighted by atomic mass is 16.3. The highest BCUT2D eigenvalue weighted by molar-refractivity contribution is 5.99. The Bertz CT molecular complexity index is 779. The van der Waals surface area contributed by atoms with Crippen LogP contribution in [0.2, 0.25) is 0 Å². The largest absolute Gasteiger partial charge is 0.508 e. The van der Waals surface area contributed by atoms with E-state index in [4.69, 9.17) is 0 Å². The Balaban J connectivity index is 2.13. The van der Waals surface area contributed by atoms with Gasteiger partial charge in [-0.3, -0.25) is 9.59 Å². The molecule has 3 N–H and O–H groups in total. The maximum Gasteiger partial charge on any atom is 0.251 e. The monoisotopic (exact) mass is 340 g/mol. The predicted octanol–water partition coefficient (Wildman–Crippen LogP) is 3.66. The lowest BCUT2D eigenvalue weighted by Gasteiger charge is -2.20. The number of rotatable bonds is 4. The third-order valence-electron chi connectivity index (χ3n) is 3.68. The molecule has 25 heavy (non-hydrogen) atoms. The van der Waals surface area contributed by atoms with Gasteiger partial charge in [0.05, 0.1) is 5.92 Å². The first-order valence-electron chi connectivity index (χ1n) is 8.19. The summed E-state index contributed by atoms with van der Waals surface area (Å²) in [6.07, 6.45) is 0. The summed E-state index contributed by atoms with van der Waals surface area (Å²) in [5.41, 5.74) is 1.23. The highest BCUT2D eigenvalue weighted by Gasteiger charge is 2.19. The smallest absolute Gasteiger partial charge is 0.251 e. The van der Waals surface area contributed by atoms with E-state index in [1.54, 1.807) is 55.5 Å². The number of para-hydroxylation sites is 1. The van der Waals surface area contributed by atoms with Gasteiger partial charge in [0.15, 0.2) is 0 Å². The molecule has 2 rings (SSSR count). The number of anilines is 1. The predicted molar refractivity (Wildman–Crippen MR) is 98.8 cm³/mol. The van der Waals surface area contributed by atoms with Gasteiger partial charge in [-0.2, -0.15) is 0 Å². The quantitative estimate of drug-likeness (QED) is 0.795. The maximum atomic E-state index is 12.5. The summed E-state index contributed by atoms with van der Waals surface area (Å²) in [5, 5.41) is 15.6. The van der Waals surface area contributed by atoms with E-state index in [0.717, 1.165) is 0 Å². The van der Waals surface area contributed by atoms with E-state index in [1.165, 1.54) is 0 Å². The summed E-state index contributed by atoms with van der Waals surface area (Å²) in [6, 6.07) is 13.5. The molecule has 5 nitrogen and oxygen atoms in total. The second kappa shape index (κ2) is 7.38. The zero-order chi connectivity index (χ0) is 18.6. The zero-order valence-electron chi connectivity index (χ0n) is 15.0. The van der Waals surface area contributed by atoms with Gasteiger partial charge in [0.1, 0.15) is 5.75 Å². The number of phenols is 1. The molecule has 0 aliphatic rings. The third-order valence-corrected chi connectivity index (χ3v) is 3.68. The molecule has 2 aromatic carbocycles. The molecule has 0 aromatic heterocycles. The van der Waals surface area contributed by atoms with E-state index in [0.29, 0.717) is 16.8 Å². The number of hydrogen-bond acceptors (Lipinski definition) is 3. The molecule has 132 valence electrons. The van der Waals surface area contributed by atoms with E-state index >= 15 is 0 Å². The van der Waals surface area contributed by atoms with Gasteiger partial charge < -0.3 is 15.7 Å². The fraction of sp³-hybridized carbons (Fsp3) is 0.300. The summed E-state index contributed by atoms with van der Waals surface area (Å²) < 4.78 is 0. The van der Waals surface area contributed by atoms with E-state index in [-0.39, 0.29) is 23.1 Å². The summed E-state index contributed by atoms with van der Waals surface area (Å²) >= 11 is 0. The van der Waals surface area contributed by atoms with Gasteiger partial charge in [-0.25, -0.2) is 0 Å². The SMILES string of the molecule is CC(C(=O)Nc1cccc(C(=O)NC(C)(C)C)c1)c1ccccc1O. The van der Waals surface area contributed by atoms with Crippen LogP contribution in [0.25, 0.3) is 0 Å². The number of carbonyl (C=O) groups is 2. The summed E-state index contributed by atoms with van der Waals surface area (Å²) in [5.74, 6) is -0.885. The van der Waals surface area contributed by atoms with Gasteiger partial charge in [0.25, 0.3) is 5.91 Å². The zero-order valence-corrected chi connectivity index (χ0v) is 15.0. The van der Waals surface area contributed by atoms with Crippen LogP contribution in [0.15, 0.2) is 48.5 Å². The molecule has 0 spiro atoms. The molecule has 0 aliphatic heterocycles. The number of nitrogens with one attached hydrogen (secondary N) is 2. The summed E-state index contributed by atoms with van der Waals surface area (Å²) in [7, 11) is 0. The van der Waals surface area contributed by atoms with Crippen LogP contribution >= 0.6 is 0 Å². The summed E-state index contributed by atoms with van der Waals surface area (Å²) in [4.78, 5) is 24.7. The molecule has 0 fully saturated rings. The fourth-order valence-corrected chi connectivity index (χ4v) is 2.40. The van der Waals surface area contributed by atoms with Crippen LogP contribution in [0.3, 0.4) is 0 Å². The lowest BCUT2D eigenvalue weighted by molar-refractivity contribution is -0.117. The fourth-order valence-electron chi connectivity index (χ4n) is 2.40. The molecule has 1 unspecified atom stereocenters. The number of carbonyl (C=O) groups excluding carboxylic acids is 2. The van der Waals surface area contributed by atoms with Gasteiger partial charge in [-0.1, -0.05) is 24.3 Å². The van der Waals surface area contributed by atoms with Crippen LogP contribution in [0.5, 0.6) is 5.75 Å². The molecule has 0 saturated heterocycles. The van der Waals surface area contributed by atoms with Crippen molar-refractivity contribution in [3.05, 3.63) is 59.7 Å². The van der Waals surface area contributed by atoms with E-state index in [1.807, 2.05) is 20.8 Å². The second-order valence-electron chi connectivity index (χ2n) is 7.05. The van der Waals surface area contributed by atoms with Crippen LogP contribution in [0.1, 0.15) is 49.5 Å². The first kappa shape index (κ1) is 18.5. The second-order valence-corrected chi connectivity index (χ2v) is 7.05. The van der Waals surface area contributed by atoms with Gasteiger partial charge in [0, 0.05) is 22.4 Å². The minimum absolute atomic E-state index is 0.0865. The molecule has 1 atom stereocenters. The molecule has 0 heterocycles. The van der Waals surface area contributed by atoms with Gasteiger partial charge in [-0.15, -0.1) is 0 Å². The topological polar surface area (TPSA) is 78.4 Å². The lowest BCUT2D eigenvalue weighted by Crippen LogP contribution is -2.40. The van der Waals surface area contributed by atoms with Gasteiger partial charge in [-0.05, 0) is 52.0 Å². The van der Waals surface area contributed by atoms with Crippen molar-refractivity contribution in [2.24, 2.45) is 0 Å². The standard InChI is InChI=1S/C20H24N2O3/c1-13(16-10-5-6-11-17(16)23)18(24)21-15-9-7-8-14(12-15)19(25)22-20(2,3)4/h5-13,23H,1-4H3,(H,21,24)(H,22,25). The average molecular weight is 340 g/mol. The third kappa shape index (κ3) is 5.08. The van der Waals surface area contributed by atoms with Crippen molar-refractivity contribution < 1.29 is 14.7 Å². The Morgan fingerprint density at radius 3 is 2.36 bits per heavy atom. The van der Waals surface area contributed by atoms with Crippen LogP contribution in [-0.4, -0.2) is 22.5 Å². The van der Waals surface area contributed by atoms with Gasteiger partial charge >= 0.3 is 0 Å². The van der Waals surface area contributed by atoms with Crippen molar-refractivity contribution in [1.82, 2.24) is 5.32 Å². The molecule has 0 aliphatic carbocycles. The Hall–Kier alpha value is -2.82. The minimum atomic E-state index is -0.520. The van der Waals surface area contributed by atoms with Crippen molar-refractivity contribution >= 4 is 17.5 Å². The highest BCUT2D eigenvalue weighted by Crippen LogP contribution is 2.26. The van der Waals surface area contributed by atoms with Crippen molar-refractivity contribution in [2.45, 2.75) is 39.2 Å². The number of benzene rings is 2. The molecule has 5 heteroatoms. The Morgan fingerprint density at radius 1 is 1.04 bits per heavy atom. The van der Waals surface area contributed by atoms with Crippen LogP contribution in [0, 0.1) is 0 Å². The number of phenolic OH excluding ortho intramolecular Hbond substituents is 1. The minimum Gasteiger partial charge on any atom is -0.508 e. The van der Waals surface area contributed by atoms with E-state index in [9.17, 15) is 14.7 Å². The van der Waals surface area contributed by atoms with Crippen molar-refractivity contribution in [2.75, 3.05) is 5.32 Å². The molecule has 0 bridgehead atoms. The number of aromatic hydroxyl groups is 1. The normalized spacial score (nSPS) is 12.3. The molecular formula is C20H24N2O3. The Labute approximate surface area is 148 Å². The Kier molecular flexibility index (Phi) is 5.47. The molecule has 0 saturated carbocycles. The van der Waals surface area contributed by atoms with Crippen molar-refractivity contribution in [3.63, 3.8) is 0 Å². The van der Waals surface area contributed by atoms with Crippen molar-refractivity contribution in [1.29, 1.82) is 0 Å². The average Bonchev–Trinajstić information content (AvgIpc) is 2.53. The van der Waals surface area contributed by atoms with Crippen molar-refractivity contribution in [3.8, 4) is 5.75 Å². The molecule has 2 amide bonds. The lowest BCUT2D eigenvalue weighted by atomic mass is 9.99. The Morgan fingerprint density at radius 2 is 1.72 bits per heavy atom. The number of hydrogen-bond donors (Lipinski definition) is 3. The maximum absolute atomic E-state index is 12.5. The first-order valence-corrected chi connectivity index (χ1v) is 8.19. The molecule has 2 aromatic rings. The van der Waals surface area contributed by atoms with Crippen LogP contribution < -0.4 is 10.6 Å². The molecular weight excluding hydrogens is 316 g/mol. The first-order chi connectivity index (χ1) is 11.7. The molecule has 0 radical (unpaired) electrons. The number of amides is 2. The van der Waals surface area contributed by atoms with Gasteiger partial charge in [0.2, 0.25) is 5.91 Å².